The van der Waals surface area contributed by atoms with Crippen LogP contribution in [0, 0.1) is 11.2 Å². The molecule has 1 spiro atoms. The smallest absolute Gasteiger partial charge is 0.254 e. The zero-order valence-electron chi connectivity index (χ0n) is 18.1. The van der Waals surface area contributed by atoms with Gasteiger partial charge in [0.2, 0.25) is 0 Å². The van der Waals surface area contributed by atoms with E-state index in [1.807, 2.05) is 6.07 Å². The molecule has 2 heterocycles. The van der Waals surface area contributed by atoms with Crippen molar-refractivity contribution in [2.24, 2.45) is 5.41 Å². The van der Waals surface area contributed by atoms with Gasteiger partial charge in [0.1, 0.15) is 11.6 Å². The Morgan fingerprint density at radius 1 is 1.10 bits per heavy atom. The zero-order chi connectivity index (χ0) is 21.0. The van der Waals surface area contributed by atoms with E-state index in [0.29, 0.717) is 17.4 Å². The van der Waals surface area contributed by atoms with Crippen molar-refractivity contribution in [2.45, 2.75) is 63.3 Å². The molecular formula is C25H31FN4O. The van der Waals surface area contributed by atoms with Crippen molar-refractivity contribution in [3.05, 3.63) is 57.5 Å². The first-order valence-electron chi connectivity index (χ1n) is 12.0. The SMILES string of the molecule is O=c1[nH]c([C@H]2CC[C@H](N3CCN(c4cccc(F)c4)CC3)C2)nc2c1CC1(CC2)CC1. The Kier molecular flexibility index (Phi) is 4.67. The molecule has 1 aromatic carbocycles. The van der Waals surface area contributed by atoms with Gasteiger partial charge in [-0.1, -0.05) is 6.07 Å². The molecule has 0 bridgehead atoms. The lowest BCUT2D eigenvalue weighted by Gasteiger charge is -2.39. The number of benzene rings is 1. The third kappa shape index (κ3) is 3.69. The first-order valence-corrected chi connectivity index (χ1v) is 12.0. The predicted octanol–water partition coefficient (Wildman–Crippen LogP) is 3.64. The number of rotatable bonds is 3. The first-order chi connectivity index (χ1) is 15.1. The van der Waals surface area contributed by atoms with Crippen LogP contribution < -0.4 is 10.5 Å². The van der Waals surface area contributed by atoms with E-state index in [4.69, 9.17) is 4.98 Å². The predicted molar refractivity (Wildman–Crippen MR) is 119 cm³/mol. The van der Waals surface area contributed by atoms with E-state index in [-0.39, 0.29) is 11.4 Å². The molecule has 5 nitrogen and oxygen atoms in total. The molecule has 0 amide bonds. The van der Waals surface area contributed by atoms with Gasteiger partial charge in [0.15, 0.2) is 0 Å². The summed E-state index contributed by atoms with van der Waals surface area (Å²) in [5, 5.41) is 0. The van der Waals surface area contributed by atoms with Crippen LogP contribution in [0.1, 0.15) is 61.5 Å². The van der Waals surface area contributed by atoms with Crippen molar-refractivity contribution in [3.8, 4) is 0 Å². The number of hydrogen-bond donors (Lipinski definition) is 1. The molecule has 1 N–H and O–H groups in total. The maximum Gasteiger partial charge on any atom is 0.254 e. The Hall–Kier alpha value is -2.21. The fourth-order valence-electron chi connectivity index (χ4n) is 6.15. The Balaban J connectivity index is 1.10. The summed E-state index contributed by atoms with van der Waals surface area (Å²) in [5.41, 5.74) is 3.58. The van der Waals surface area contributed by atoms with Crippen LogP contribution in [0.5, 0.6) is 0 Å². The normalized spacial score (nSPS) is 27.5. The van der Waals surface area contributed by atoms with Gasteiger partial charge in [0.05, 0.1) is 5.69 Å². The van der Waals surface area contributed by atoms with Crippen LogP contribution in [0.3, 0.4) is 0 Å². The molecule has 2 saturated carbocycles. The molecule has 6 heteroatoms. The summed E-state index contributed by atoms with van der Waals surface area (Å²) >= 11 is 0. The minimum Gasteiger partial charge on any atom is -0.369 e. The van der Waals surface area contributed by atoms with E-state index >= 15 is 0 Å². The standard InChI is InChI=1S/C25H31FN4O/c26-18-2-1-3-19(15-18)29-10-12-30(13-11-29)20-5-4-17(14-20)23-27-22-6-7-25(8-9-25)16-21(22)24(31)28-23/h1-3,15,17,20H,4-14,16H2,(H,27,28,31)/t17-,20-/m0/s1. The third-order valence-electron chi connectivity index (χ3n) is 8.32. The van der Waals surface area contributed by atoms with Gasteiger partial charge in [-0.15, -0.1) is 0 Å². The number of aryl methyl sites for hydroxylation is 1. The molecular weight excluding hydrogens is 391 g/mol. The van der Waals surface area contributed by atoms with Crippen LogP contribution in [0.4, 0.5) is 10.1 Å². The molecule has 31 heavy (non-hydrogen) atoms. The lowest BCUT2D eigenvalue weighted by Crippen LogP contribution is -2.49. The van der Waals surface area contributed by atoms with E-state index in [2.05, 4.69) is 14.8 Å². The van der Waals surface area contributed by atoms with E-state index in [1.165, 1.54) is 25.3 Å². The Bertz CT molecular complexity index is 1040. The van der Waals surface area contributed by atoms with Gasteiger partial charge < -0.3 is 9.88 Å². The number of piperazine rings is 1. The molecule has 164 valence electrons. The number of hydrogen-bond acceptors (Lipinski definition) is 4. The lowest BCUT2D eigenvalue weighted by atomic mass is 9.84. The van der Waals surface area contributed by atoms with Crippen molar-refractivity contribution in [1.82, 2.24) is 14.9 Å². The largest absolute Gasteiger partial charge is 0.369 e. The van der Waals surface area contributed by atoms with Crippen molar-refractivity contribution in [3.63, 3.8) is 0 Å². The van der Waals surface area contributed by atoms with E-state index < -0.39 is 0 Å². The molecule has 1 aliphatic heterocycles. The second kappa shape index (κ2) is 7.44. The van der Waals surface area contributed by atoms with Gasteiger partial charge in [-0.05, 0) is 75.0 Å². The molecule has 4 aliphatic rings. The summed E-state index contributed by atoms with van der Waals surface area (Å²) in [4.78, 5) is 25.8. The number of aromatic nitrogens is 2. The van der Waals surface area contributed by atoms with Crippen molar-refractivity contribution in [2.75, 3.05) is 31.1 Å². The van der Waals surface area contributed by atoms with E-state index in [1.54, 1.807) is 12.1 Å². The second-order valence-electron chi connectivity index (χ2n) is 10.2. The van der Waals surface area contributed by atoms with Gasteiger partial charge in [-0.2, -0.15) is 0 Å². The highest BCUT2D eigenvalue weighted by Crippen LogP contribution is 2.54. The lowest BCUT2D eigenvalue weighted by molar-refractivity contribution is 0.186. The number of H-pyrrole nitrogens is 1. The number of halogens is 1. The zero-order valence-corrected chi connectivity index (χ0v) is 18.1. The third-order valence-corrected chi connectivity index (χ3v) is 8.32. The van der Waals surface area contributed by atoms with Crippen LogP contribution >= 0.6 is 0 Å². The summed E-state index contributed by atoms with van der Waals surface area (Å²) in [7, 11) is 0. The van der Waals surface area contributed by atoms with Crippen molar-refractivity contribution < 1.29 is 4.39 Å². The fourth-order valence-corrected chi connectivity index (χ4v) is 6.15. The monoisotopic (exact) mass is 422 g/mol. The molecule has 0 radical (unpaired) electrons. The minimum absolute atomic E-state index is 0.123. The number of anilines is 1. The maximum absolute atomic E-state index is 13.6. The quantitative estimate of drug-likeness (QED) is 0.821. The Labute approximate surface area is 182 Å². The van der Waals surface area contributed by atoms with Gasteiger partial charge in [-0.25, -0.2) is 9.37 Å². The summed E-state index contributed by atoms with van der Waals surface area (Å²) < 4.78 is 13.6. The number of aromatic amines is 1. The van der Waals surface area contributed by atoms with Gasteiger partial charge >= 0.3 is 0 Å². The van der Waals surface area contributed by atoms with E-state index in [0.717, 1.165) is 81.1 Å². The maximum atomic E-state index is 13.6. The molecule has 1 saturated heterocycles. The van der Waals surface area contributed by atoms with E-state index in [9.17, 15) is 9.18 Å². The molecule has 3 fully saturated rings. The minimum atomic E-state index is -0.169. The number of nitrogens with one attached hydrogen (secondary N) is 1. The molecule has 1 aromatic heterocycles. The van der Waals surface area contributed by atoms with Crippen LogP contribution in [0.2, 0.25) is 0 Å². The summed E-state index contributed by atoms with van der Waals surface area (Å²) in [6.45, 7) is 3.87. The van der Waals surface area contributed by atoms with Crippen molar-refractivity contribution in [1.29, 1.82) is 0 Å². The average molecular weight is 423 g/mol. The van der Waals surface area contributed by atoms with Crippen LogP contribution in [-0.4, -0.2) is 47.1 Å². The average Bonchev–Trinajstić information content (AvgIpc) is 3.34. The second-order valence-corrected chi connectivity index (χ2v) is 10.2. The fraction of sp³-hybridized carbons (Fsp3) is 0.600. The van der Waals surface area contributed by atoms with Crippen LogP contribution in [0.25, 0.3) is 0 Å². The summed E-state index contributed by atoms with van der Waals surface area (Å²) in [6, 6.07) is 7.46. The number of fused-ring (bicyclic) bond motifs is 1. The molecule has 2 aromatic rings. The van der Waals surface area contributed by atoms with Crippen molar-refractivity contribution >= 4 is 5.69 Å². The van der Waals surface area contributed by atoms with Crippen LogP contribution in [0.15, 0.2) is 29.1 Å². The number of nitrogens with zero attached hydrogens (tertiary/aromatic N) is 3. The molecule has 6 rings (SSSR count). The van der Waals surface area contributed by atoms with Gasteiger partial charge in [-0.3, -0.25) is 9.69 Å². The topological polar surface area (TPSA) is 52.2 Å². The highest BCUT2D eigenvalue weighted by atomic mass is 19.1. The van der Waals surface area contributed by atoms with Crippen LogP contribution in [-0.2, 0) is 12.8 Å². The van der Waals surface area contributed by atoms with Gasteiger partial charge in [0.25, 0.3) is 5.56 Å². The summed E-state index contributed by atoms with van der Waals surface area (Å²) in [6.07, 6.45) is 9.02. The Morgan fingerprint density at radius 2 is 1.94 bits per heavy atom. The Morgan fingerprint density at radius 3 is 2.71 bits per heavy atom. The van der Waals surface area contributed by atoms with Gasteiger partial charge in [0, 0.05) is 49.4 Å². The molecule has 2 atom stereocenters. The highest BCUT2D eigenvalue weighted by Gasteiger charge is 2.46. The highest BCUT2D eigenvalue weighted by molar-refractivity contribution is 5.46. The first kappa shape index (κ1) is 19.5. The molecule has 0 unspecified atom stereocenters. The molecule has 3 aliphatic carbocycles. The summed E-state index contributed by atoms with van der Waals surface area (Å²) in [5.74, 6) is 1.12.